The van der Waals surface area contributed by atoms with Gasteiger partial charge in [0.25, 0.3) is 0 Å². The van der Waals surface area contributed by atoms with Gasteiger partial charge in [0, 0.05) is 34.8 Å². The van der Waals surface area contributed by atoms with Gasteiger partial charge >= 0.3 is 0 Å². The molecule has 0 unspecified atom stereocenters. The first kappa shape index (κ1) is 18.5. The van der Waals surface area contributed by atoms with E-state index in [0.29, 0.717) is 33.6 Å². The number of hydrogen-bond acceptors (Lipinski definition) is 2. The quantitative estimate of drug-likeness (QED) is 0.228. The summed E-state index contributed by atoms with van der Waals surface area (Å²) in [4.78, 5) is 0. The van der Waals surface area contributed by atoms with Crippen LogP contribution in [-0.2, 0) is 13.4 Å². The fourth-order valence-electron chi connectivity index (χ4n) is 5.12. The average molecular weight is 503 g/mol. The van der Waals surface area contributed by atoms with E-state index < -0.39 is 24.6 Å². The fourth-order valence-corrected chi connectivity index (χ4v) is 5.12. The third-order valence-corrected chi connectivity index (χ3v) is 7.04. The molecule has 3 nitrogen and oxygen atoms in total. The highest BCUT2D eigenvalue weighted by Crippen LogP contribution is 2.42. The molecule has 0 bridgehead atoms. The zero-order valence-electron chi connectivity index (χ0n) is 25.8. The van der Waals surface area contributed by atoms with E-state index in [1.54, 1.807) is 13.1 Å². The average Bonchev–Trinajstić information content (AvgIpc) is 3.35. The maximum atomic E-state index is 15.0. The monoisotopic (exact) mass is 502 g/mol. The van der Waals surface area contributed by atoms with Crippen molar-refractivity contribution in [3.63, 3.8) is 0 Å². The van der Waals surface area contributed by atoms with Crippen molar-refractivity contribution in [1.29, 1.82) is 5.26 Å². The Balaban J connectivity index is 1.60. The van der Waals surface area contributed by atoms with Crippen molar-refractivity contribution in [3.05, 3.63) is 114 Å². The second kappa shape index (κ2) is 9.28. The maximum Gasteiger partial charge on any atom is 0.216 e. The van der Waals surface area contributed by atoms with Crippen molar-refractivity contribution >= 4 is 21.9 Å². The summed E-state index contributed by atoms with van der Waals surface area (Å²) >= 11 is 0. The number of nitrogens with zero attached hydrogens (tertiary/aromatic N) is 2. The molecule has 0 amide bonds. The molecule has 2 aromatic heterocycles. The Bertz CT molecular complexity index is 2080. The molecule has 0 saturated carbocycles. The Hall–Kier alpha value is -4.75. The Morgan fingerprint density at radius 2 is 1.55 bits per heavy atom. The first-order valence-corrected chi connectivity index (χ1v) is 12.2. The third-order valence-electron chi connectivity index (χ3n) is 7.04. The molecular formula is C34H26FN2O+. The number of furan rings is 1. The predicted octanol–water partition coefficient (Wildman–Crippen LogP) is 8.29. The van der Waals surface area contributed by atoms with Crippen LogP contribution in [0.4, 0.5) is 4.39 Å². The van der Waals surface area contributed by atoms with Crippen LogP contribution < -0.4 is 4.57 Å². The van der Waals surface area contributed by atoms with Crippen LogP contribution in [0, 0.1) is 24.1 Å². The molecule has 0 fully saturated rings. The molecule has 2 heterocycles. The minimum atomic E-state index is -3.08. The minimum absolute atomic E-state index is 0.390. The summed E-state index contributed by atoms with van der Waals surface area (Å²) < 4.78 is 62.7. The lowest BCUT2D eigenvalue weighted by atomic mass is 9.94. The number of nitriles is 1. The van der Waals surface area contributed by atoms with Gasteiger partial charge in [-0.05, 0) is 47.7 Å². The van der Waals surface area contributed by atoms with Gasteiger partial charge in [-0.1, -0.05) is 73.6 Å². The molecule has 0 aliphatic carbocycles. The number of pyridine rings is 1. The number of fused-ring (bicyclic) bond motifs is 3. The molecule has 6 rings (SSSR count). The molecule has 38 heavy (non-hydrogen) atoms. The summed E-state index contributed by atoms with van der Waals surface area (Å²) in [7, 11) is 1.61. The largest absolute Gasteiger partial charge is 0.454 e. The van der Waals surface area contributed by atoms with Gasteiger partial charge in [-0.2, -0.15) is 9.83 Å². The van der Waals surface area contributed by atoms with Crippen LogP contribution in [-0.4, -0.2) is 0 Å². The van der Waals surface area contributed by atoms with Gasteiger partial charge in [0.15, 0.2) is 5.82 Å². The van der Waals surface area contributed by atoms with E-state index in [4.69, 9.17) is 11.3 Å². The summed E-state index contributed by atoms with van der Waals surface area (Å²) in [5, 5.41) is 11.6. The van der Waals surface area contributed by atoms with Gasteiger partial charge in [0.2, 0.25) is 11.9 Å². The molecule has 4 heteroatoms. The predicted molar refractivity (Wildman–Crippen MR) is 150 cm³/mol. The van der Waals surface area contributed by atoms with E-state index in [1.807, 2.05) is 79.7 Å². The van der Waals surface area contributed by atoms with Crippen molar-refractivity contribution < 1.29 is 20.2 Å². The van der Waals surface area contributed by atoms with E-state index in [1.165, 1.54) is 10.6 Å². The fraction of sp³-hybridized carbons (Fsp3) is 0.118. The summed E-state index contributed by atoms with van der Waals surface area (Å²) in [6.07, 6.45) is -1.83. The Morgan fingerprint density at radius 1 is 0.895 bits per heavy atom. The first-order valence-electron chi connectivity index (χ1n) is 14.7. The molecule has 0 aliphatic rings. The zero-order valence-corrected chi connectivity index (χ0v) is 20.8. The van der Waals surface area contributed by atoms with Crippen molar-refractivity contribution in [1.82, 2.24) is 0 Å². The maximum absolute atomic E-state index is 15.0. The molecule has 184 valence electrons. The molecule has 6 aromatic rings. The third kappa shape index (κ3) is 3.76. The lowest BCUT2D eigenvalue weighted by Crippen LogP contribution is -2.32. The van der Waals surface area contributed by atoms with Crippen molar-refractivity contribution in [3.8, 4) is 39.6 Å². The molecular weight excluding hydrogens is 471 g/mol. The SMILES string of the molecule is [2H]C([2H])([2H])C([2H])([2H])c1cc(-c2c(C)ccc3c2oc2c(-c4ccc(-c5ccccc5)cc4)c(C#N)ccc23)[n+](C)cc1F. The summed E-state index contributed by atoms with van der Waals surface area (Å²) in [5.41, 5.74) is 6.15. The first-order chi connectivity index (χ1) is 20.4. The Morgan fingerprint density at radius 3 is 2.26 bits per heavy atom. The second-order valence-corrected chi connectivity index (χ2v) is 9.31. The molecule has 0 spiro atoms. The summed E-state index contributed by atoms with van der Waals surface area (Å²) in [6.45, 7) is -1.22. The minimum Gasteiger partial charge on any atom is -0.454 e. The van der Waals surface area contributed by atoms with Crippen LogP contribution in [0.5, 0.6) is 0 Å². The van der Waals surface area contributed by atoms with Crippen LogP contribution >= 0.6 is 0 Å². The number of rotatable bonds is 4. The van der Waals surface area contributed by atoms with Crippen molar-refractivity contribution in [2.24, 2.45) is 7.05 Å². The topological polar surface area (TPSA) is 40.8 Å². The molecule has 0 aliphatic heterocycles. The van der Waals surface area contributed by atoms with Gasteiger partial charge < -0.3 is 4.42 Å². The van der Waals surface area contributed by atoms with Gasteiger partial charge in [0.1, 0.15) is 18.2 Å². The van der Waals surface area contributed by atoms with Crippen LogP contribution in [0.3, 0.4) is 0 Å². The van der Waals surface area contributed by atoms with Crippen molar-refractivity contribution in [2.75, 3.05) is 0 Å². The van der Waals surface area contributed by atoms with E-state index in [-0.39, 0.29) is 0 Å². The Kier molecular flexibility index (Phi) is 4.52. The molecule has 0 radical (unpaired) electrons. The standard InChI is InChI=1S/C34H26FN2O/c1-4-22-18-30(37(3)20-29(22)35)31-21(2)10-16-27-28-17-15-26(19-36)32(34(28)38-33(27)31)25-13-11-24(12-14-25)23-8-6-5-7-9-23/h5-18,20H,4H2,1-3H3/q+1/i1D3,4D2. The number of halogens is 1. The number of aromatic nitrogens is 1. The molecule has 4 aromatic carbocycles. The highest BCUT2D eigenvalue weighted by atomic mass is 19.1. The molecule has 0 N–H and O–H groups in total. The molecule has 0 saturated heterocycles. The number of benzene rings is 4. The lowest BCUT2D eigenvalue weighted by molar-refractivity contribution is -0.662. The van der Waals surface area contributed by atoms with Gasteiger partial charge in [0.05, 0.1) is 17.2 Å². The van der Waals surface area contributed by atoms with E-state index >= 15 is 4.39 Å². The van der Waals surface area contributed by atoms with Crippen LogP contribution in [0.25, 0.3) is 55.4 Å². The highest BCUT2D eigenvalue weighted by Gasteiger charge is 2.24. The van der Waals surface area contributed by atoms with Gasteiger partial charge in [-0.15, -0.1) is 0 Å². The number of aryl methyl sites for hydroxylation is 3. The number of hydrogen-bond donors (Lipinski definition) is 0. The van der Waals surface area contributed by atoms with Crippen LogP contribution in [0.1, 0.15) is 30.4 Å². The van der Waals surface area contributed by atoms with Gasteiger partial charge in [-0.25, -0.2) is 4.39 Å². The normalized spacial score (nSPS) is 13.9. The van der Waals surface area contributed by atoms with E-state index in [0.717, 1.165) is 39.2 Å². The zero-order chi connectivity index (χ0) is 30.7. The van der Waals surface area contributed by atoms with Gasteiger partial charge in [-0.3, -0.25) is 0 Å². The highest BCUT2D eigenvalue weighted by molar-refractivity contribution is 6.14. The Labute approximate surface area is 228 Å². The van der Waals surface area contributed by atoms with Crippen LogP contribution in [0.15, 0.2) is 95.5 Å². The smallest absolute Gasteiger partial charge is 0.216 e. The summed E-state index contributed by atoms with van der Waals surface area (Å²) in [5.74, 6) is -0.957. The van der Waals surface area contributed by atoms with E-state index in [9.17, 15) is 5.26 Å². The summed E-state index contributed by atoms with van der Waals surface area (Å²) in [6, 6.07) is 28.9. The van der Waals surface area contributed by atoms with Crippen molar-refractivity contribution in [2.45, 2.75) is 20.1 Å². The van der Waals surface area contributed by atoms with E-state index in [2.05, 4.69) is 6.07 Å². The van der Waals surface area contributed by atoms with Crippen LogP contribution in [0.2, 0.25) is 0 Å². The molecule has 0 atom stereocenters. The second-order valence-electron chi connectivity index (χ2n) is 9.31. The lowest BCUT2D eigenvalue weighted by Gasteiger charge is -2.08.